The van der Waals surface area contributed by atoms with E-state index in [-0.39, 0.29) is 0 Å². The average Bonchev–Trinajstić information content (AvgIpc) is 2.85. The monoisotopic (exact) mass is 287 g/mol. The summed E-state index contributed by atoms with van der Waals surface area (Å²) in [6.45, 7) is 10.6. The Kier molecular flexibility index (Phi) is 4.08. The standard InChI is InChI=1S/C15H21N3OSi/c1-11-7-6-8-14(19-20(3,4)5)15(11)18-12(2)13-9-16-17-10-13/h6-10H,1-5H3,(H,16,17). The van der Waals surface area contributed by atoms with E-state index in [1.807, 2.05) is 25.3 Å². The van der Waals surface area contributed by atoms with Gasteiger partial charge >= 0.3 is 0 Å². The Morgan fingerprint density at radius 1 is 1.30 bits per heavy atom. The van der Waals surface area contributed by atoms with E-state index >= 15 is 0 Å². The average molecular weight is 287 g/mol. The van der Waals surface area contributed by atoms with Gasteiger partial charge in [0, 0.05) is 17.5 Å². The van der Waals surface area contributed by atoms with Gasteiger partial charge in [0.05, 0.1) is 6.20 Å². The third-order valence-electron chi connectivity index (χ3n) is 2.81. The van der Waals surface area contributed by atoms with E-state index < -0.39 is 8.32 Å². The van der Waals surface area contributed by atoms with Crippen LogP contribution < -0.4 is 4.43 Å². The van der Waals surface area contributed by atoms with Crippen molar-refractivity contribution in [3.8, 4) is 5.75 Å². The number of hydrogen-bond acceptors (Lipinski definition) is 3. The van der Waals surface area contributed by atoms with E-state index in [1.54, 1.807) is 6.20 Å². The van der Waals surface area contributed by atoms with Crippen LogP contribution in [0.5, 0.6) is 5.75 Å². The summed E-state index contributed by atoms with van der Waals surface area (Å²) in [4.78, 5) is 4.74. The van der Waals surface area contributed by atoms with Gasteiger partial charge in [0.2, 0.25) is 8.32 Å². The van der Waals surface area contributed by atoms with Gasteiger partial charge in [-0.1, -0.05) is 12.1 Å². The van der Waals surface area contributed by atoms with Crippen molar-refractivity contribution < 1.29 is 4.43 Å². The van der Waals surface area contributed by atoms with Gasteiger partial charge in [0.25, 0.3) is 0 Å². The van der Waals surface area contributed by atoms with E-state index in [9.17, 15) is 0 Å². The number of aryl methyl sites for hydroxylation is 1. The molecule has 0 amide bonds. The number of rotatable bonds is 4. The summed E-state index contributed by atoms with van der Waals surface area (Å²) in [6, 6.07) is 6.06. The first kappa shape index (κ1) is 14.5. The van der Waals surface area contributed by atoms with Gasteiger partial charge in [0.15, 0.2) is 0 Å². The van der Waals surface area contributed by atoms with E-state index in [2.05, 4.69) is 42.8 Å². The minimum atomic E-state index is -1.66. The third-order valence-corrected chi connectivity index (χ3v) is 3.64. The summed E-state index contributed by atoms with van der Waals surface area (Å²) in [7, 11) is -1.66. The van der Waals surface area contributed by atoms with Gasteiger partial charge < -0.3 is 4.43 Å². The summed E-state index contributed by atoms with van der Waals surface area (Å²) >= 11 is 0. The first-order valence-corrected chi connectivity index (χ1v) is 10.1. The third kappa shape index (κ3) is 3.57. The molecule has 0 atom stereocenters. The van der Waals surface area contributed by atoms with Crippen molar-refractivity contribution in [2.75, 3.05) is 0 Å². The molecule has 0 fully saturated rings. The highest BCUT2D eigenvalue weighted by atomic mass is 28.4. The van der Waals surface area contributed by atoms with Crippen molar-refractivity contribution >= 4 is 19.7 Å². The molecule has 1 aromatic heterocycles. The van der Waals surface area contributed by atoms with Crippen LogP contribution >= 0.6 is 0 Å². The Hall–Kier alpha value is -1.88. The molecule has 4 nitrogen and oxygen atoms in total. The number of nitrogens with one attached hydrogen (secondary N) is 1. The fourth-order valence-electron chi connectivity index (χ4n) is 1.87. The Morgan fingerprint density at radius 3 is 2.65 bits per heavy atom. The number of hydrogen-bond donors (Lipinski definition) is 1. The molecule has 2 aromatic rings. The van der Waals surface area contributed by atoms with Crippen LogP contribution in [-0.4, -0.2) is 24.2 Å². The molecule has 20 heavy (non-hydrogen) atoms. The van der Waals surface area contributed by atoms with Crippen LogP contribution in [-0.2, 0) is 0 Å². The lowest BCUT2D eigenvalue weighted by Gasteiger charge is -2.21. The van der Waals surface area contributed by atoms with Gasteiger partial charge in [-0.25, -0.2) is 4.99 Å². The molecule has 0 radical (unpaired) electrons. The minimum Gasteiger partial charge on any atom is -0.543 e. The highest BCUT2D eigenvalue weighted by molar-refractivity contribution is 6.70. The number of benzene rings is 1. The van der Waals surface area contributed by atoms with Crippen molar-refractivity contribution in [1.82, 2.24) is 10.2 Å². The second-order valence-electron chi connectivity index (χ2n) is 5.82. The molecule has 5 heteroatoms. The van der Waals surface area contributed by atoms with Crippen molar-refractivity contribution in [2.24, 2.45) is 4.99 Å². The number of aromatic nitrogens is 2. The molecule has 106 valence electrons. The first-order chi connectivity index (χ1) is 9.37. The fraction of sp³-hybridized carbons (Fsp3) is 0.333. The molecule has 0 spiro atoms. The lowest BCUT2D eigenvalue weighted by atomic mass is 10.1. The highest BCUT2D eigenvalue weighted by Gasteiger charge is 2.19. The molecule has 0 aliphatic rings. The number of nitrogens with zero attached hydrogens (tertiary/aromatic N) is 2. The Morgan fingerprint density at radius 2 is 2.05 bits per heavy atom. The SMILES string of the molecule is CC(=Nc1c(C)cccc1O[Si](C)(C)C)c1cn[nH]c1. The van der Waals surface area contributed by atoms with Crippen molar-refractivity contribution in [3.05, 3.63) is 41.7 Å². The lowest BCUT2D eigenvalue weighted by Crippen LogP contribution is -2.29. The van der Waals surface area contributed by atoms with E-state index in [4.69, 9.17) is 9.42 Å². The summed E-state index contributed by atoms with van der Waals surface area (Å²) in [6.07, 6.45) is 3.62. The number of aliphatic imine (C=N–C) groups is 1. The van der Waals surface area contributed by atoms with Crippen molar-refractivity contribution in [3.63, 3.8) is 0 Å². The fourth-order valence-corrected chi connectivity index (χ4v) is 2.69. The van der Waals surface area contributed by atoms with Gasteiger partial charge in [-0.2, -0.15) is 5.10 Å². The van der Waals surface area contributed by atoms with Crippen LogP contribution in [0.4, 0.5) is 5.69 Å². The molecule has 0 saturated heterocycles. The zero-order chi connectivity index (χ0) is 14.8. The molecule has 1 heterocycles. The van der Waals surface area contributed by atoms with E-state index in [0.717, 1.165) is 28.3 Å². The largest absolute Gasteiger partial charge is 0.543 e. The number of H-pyrrole nitrogens is 1. The molecule has 0 saturated carbocycles. The molecular weight excluding hydrogens is 266 g/mol. The lowest BCUT2D eigenvalue weighted by molar-refractivity contribution is 0.558. The van der Waals surface area contributed by atoms with Crippen LogP contribution in [0.1, 0.15) is 18.1 Å². The molecule has 0 aliphatic carbocycles. The van der Waals surface area contributed by atoms with Crippen LogP contribution in [0.2, 0.25) is 19.6 Å². The zero-order valence-corrected chi connectivity index (χ0v) is 13.7. The van der Waals surface area contributed by atoms with Crippen LogP contribution in [0.3, 0.4) is 0 Å². The second-order valence-corrected chi connectivity index (χ2v) is 10.2. The molecule has 0 bridgehead atoms. The predicted molar refractivity (Wildman–Crippen MR) is 85.6 cm³/mol. The van der Waals surface area contributed by atoms with Gasteiger partial charge in [-0.15, -0.1) is 0 Å². The zero-order valence-electron chi connectivity index (χ0n) is 12.7. The maximum absolute atomic E-state index is 6.14. The van der Waals surface area contributed by atoms with E-state index in [1.165, 1.54) is 0 Å². The quantitative estimate of drug-likeness (QED) is 0.680. The van der Waals surface area contributed by atoms with Crippen LogP contribution in [0.15, 0.2) is 35.6 Å². The first-order valence-electron chi connectivity index (χ1n) is 6.70. The maximum atomic E-state index is 6.14. The predicted octanol–water partition coefficient (Wildman–Crippen LogP) is 4.07. The van der Waals surface area contributed by atoms with Gasteiger partial charge in [-0.3, -0.25) is 5.10 Å². The van der Waals surface area contributed by atoms with Crippen molar-refractivity contribution in [2.45, 2.75) is 33.5 Å². The summed E-state index contributed by atoms with van der Waals surface area (Å²) < 4.78 is 6.14. The summed E-state index contributed by atoms with van der Waals surface area (Å²) in [5.74, 6) is 0.868. The molecular formula is C15H21N3OSi. The number of aromatic amines is 1. The Bertz CT molecular complexity index is 613. The number of para-hydroxylation sites is 1. The molecule has 0 aliphatic heterocycles. The topological polar surface area (TPSA) is 50.3 Å². The normalized spacial score (nSPS) is 12.6. The second kappa shape index (κ2) is 5.62. The molecule has 2 rings (SSSR count). The Labute approximate surface area is 121 Å². The molecule has 1 N–H and O–H groups in total. The highest BCUT2D eigenvalue weighted by Crippen LogP contribution is 2.33. The van der Waals surface area contributed by atoms with Crippen LogP contribution in [0.25, 0.3) is 0 Å². The van der Waals surface area contributed by atoms with Gasteiger partial charge in [0.1, 0.15) is 11.4 Å². The summed E-state index contributed by atoms with van der Waals surface area (Å²) in [5.41, 5.74) is 3.94. The smallest absolute Gasteiger partial charge is 0.242 e. The van der Waals surface area contributed by atoms with Gasteiger partial charge in [-0.05, 0) is 45.1 Å². The van der Waals surface area contributed by atoms with E-state index in [0.29, 0.717) is 0 Å². The minimum absolute atomic E-state index is 0.868. The van der Waals surface area contributed by atoms with Crippen LogP contribution in [0, 0.1) is 6.92 Å². The Balaban J connectivity index is 2.43. The van der Waals surface area contributed by atoms with Crippen molar-refractivity contribution in [1.29, 1.82) is 0 Å². The molecule has 1 aromatic carbocycles. The maximum Gasteiger partial charge on any atom is 0.242 e. The molecule has 0 unspecified atom stereocenters. The summed E-state index contributed by atoms with van der Waals surface area (Å²) in [5, 5.41) is 6.77.